The summed E-state index contributed by atoms with van der Waals surface area (Å²) in [5.41, 5.74) is 0. The Hall–Kier alpha value is -0.650. The Balaban J connectivity index is -0.000000118. The van der Waals surface area contributed by atoms with Gasteiger partial charge in [-0.25, -0.2) is 0 Å². The highest BCUT2D eigenvalue weighted by Crippen LogP contribution is 1.88. The van der Waals surface area contributed by atoms with Gasteiger partial charge in [0.25, 0.3) is 5.97 Å². The van der Waals surface area contributed by atoms with Crippen LogP contribution in [0.3, 0.4) is 0 Å². The van der Waals surface area contributed by atoms with Gasteiger partial charge in [0.05, 0.1) is 0 Å². The first-order chi connectivity index (χ1) is 5.50. The summed E-state index contributed by atoms with van der Waals surface area (Å²) in [7, 11) is 1.00. The molecule has 0 unspecified atom stereocenters. The summed E-state index contributed by atoms with van der Waals surface area (Å²) in [6, 6.07) is 0. The molecule has 0 aromatic heterocycles. The second kappa shape index (κ2) is 16.7. The van der Waals surface area contributed by atoms with Gasteiger partial charge in [-0.15, -0.1) is 0 Å². The van der Waals surface area contributed by atoms with Crippen molar-refractivity contribution in [3.8, 4) is 0 Å². The summed E-state index contributed by atoms with van der Waals surface area (Å²) in [4.78, 5) is 9.00. The van der Waals surface area contributed by atoms with E-state index in [1.807, 2.05) is 6.92 Å². The van der Waals surface area contributed by atoms with Crippen LogP contribution in [0.15, 0.2) is 0 Å². The maximum atomic E-state index is 9.00. The van der Waals surface area contributed by atoms with Crippen molar-refractivity contribution in [3.05, 3.63) is 0 Å². The molecule has 0 amide bonds. The third-order valence-electron chi connectivity index (χ3n) is 0.547. The minimum Gasteiger partial charge on any atom is -0.481 e. The van der Waals surface area contributed by atoms with Crippen LogP contribution in [0.2, 0.25) is 0 Å². The fourth-order valence-electron chi connectivity index (χ4n) is 0.258. The van der Waals surface area contributed by atoms with Gasteiger partial charge < -0.3 is 20.4 Å². The standard InChI is InChI=1S/C4H10O2.C2H4O2.CH4O/c1-2-3-4(5)6;1-2(3)4;1-2/h4-6H,2-3H2,1H3;1H3,(H,3,4);2H,1H3. The van der Waals surface area contributed by atoms with Crippen LogP contribution in [0.25, 0.3) is 0 Å². The maximum Gasteiger partial charge on any atom is 0.300 e. The molecule has 0 atom stereocenters. The Morgan fingerprint density at radius 2 is 1.58 bits per heavy atom. The second-order valence-corrected chi connectivity index (χ2v) is 1.79. The topological polar surface area (TPSA) is 98.0 Å². The van der Waals surface area contributed by atoms with Crippen molar-refractivity contribution in [1.82, 2.24) is 0 Å². The molecule has 0 bridgehead atoms. The molecule has 0 aliphatic heterocycles. The first-order valence-corrected chi connectivity index (χ1v) is 3.51. The van der Waals surface area contributed by atoms with Crippen LogP contribution in [0.5, 0.6) is 0 Å². The Morgan fingerprint density at radius 1 is 1.33 bits per heavy atom. The number of hydrogen-bond donors (Lipinski definition) is 4. The second-order valence-electron chi connectivity index (χ2n) is 1.79. The van der Waals surface area contributed by atoms with Gasteiger partial charge >= 0.3 is 0 Å². The summed E-state index contributed by atoms with van der Waals surface area (Å²) < 4.78 is 0. The van der Waals surface area contributed by atoms with Crippen molar-refractivity contribution in [3.63, 3.8) is 0 Å². The number of aliphatic carboxylic acids is 1. The average Bonchev–Trinajstić information content (AvgIpc) is 1.90. The molecule has 0 fully saturated rings. The summed E-state index contributed by atoms with van der Waals surface area (Å²) in [6.07, 6.45) is 0.215. The van der Waals surface area contributed by atoms with E-state index in [1.54, 1.807) is 0 Å². The fourth-order valence-corrected chi connectivity index (χ4v) is 0.258. The number of aliphatic hydroxyl groups is 3. The quantitative estimate of drug-likeness (QED) is 0.443. The number of hydrogen-bond acceptors (Lipinski definition) is 4. The van der Waals surface area contributed by atoms with Gasteiger partial charge in [0.2, 0.25) is 0 Å². The van der Waals surface area contributed by atoms with Crippen molar-refractivity contribution in [1.29, 1.82) is 0 Å². The van der Waals surface area contributed by atoms with Gasteiger partial charge in [-0.05, 0) is 6.42 Å². The van der Waals surface area contributed by atoms with Crippen LogP contribution < -0.4 is 0 Å². The molecule has 0 radical (unpaired) electrons. The Kier molecular flexibility index (Phi) is 24.3. The van der Waals surface area contributed by atoms with E-state index >= 15 is 0 Å². The van der Waals surface area contributed by atoms with Crippen LogP contribution in [0.4, 0.5) is 0 Å². The summed E-state index contributed by atoms with van der Waals surface area (Å²) in [6.45, 7) is 2.99. The fraction of sp³-hybridized carbons (Fsp3) is 0.857. The van der Waals surface area contributed by atoms with Gasteiger partial charge in [0.15, 0.2) is 6.29 Å². The van der Waals surface area contributed by atoms with E-state index in [4.69, 9.17) is 25.2 Å². The van der Waals surface area contributed by atoms with Crippen molar-refractivity contribution in [2.24, 2.45) is 0 Å². The molecule has 0 saturated carbocycles. The molecule has 0 aromatic rings. The molecule has 0 aromatic carbocycles. The van der Waals surface area contributed by atoms with Crippen molar-refractivity contribution in [2.75, 3.05) is 7.11 Å². The zero-order chi connectivity index (χ0) is 10.6. The highest BCUT2D eigenvalue weighted by Gasteiger charge is 1.89. The Labute approximate surface area is 72.3 Å². The predicted molar refractivity (Wildman–Crippen MR) is 44.6 cm³/mol. The number of carbonyl (C=O) groups is 1. The molecule has 0 aliphatic rings. The van der Waals surface area contributed by atoms with Crippen LogP contribution >= 0.6 is 0 Å². The molecular formula is C7H18O5. The lowest BCUT2D eigenvalue weighted by atomic mass is 10.3. The molecule has 0 spiro atoms. The predicted octanol–water partition coefficient (Wildman–Crippen LogP) is -0.203. The third-order valence-corrected chi connectivity index (χ3v) is 0.547. The monoisotopic (exact) mass is 182 g/mol. The molecule has 5 heteroatoms. The zero-order valence-electron chi connectivity index (χ0n) is 7.69. The smallest absolute Gasteiger partial charge is 0.300 e. The van der Waals surface area contributed by atoms with Gasteiger partial charge in [-0.2, -0.15) is 0 Å². The lowest BCUT2D eigenvalue weighted by Crippen LogP contribution is -2.01. The van der Waals surface area contributed by atoms with Gasteiger partial charge in [-0.1, -0.05) is 13.3 Å². The molecule has 0 rings (SSSR count). The van der Waals surface area contributed by atoms with Crippen LogP contribution in [0, 0.1) is 0 Å². The highest BCUT2D eigenvalue weighted by molar-refractivity contribution is 5.62. The van der Waals surface area contributed by atoms with Crippen molar-refractivity contribution < 1.29 is 25.2 Å². The summed E-state index contributed by atoms with van der Waals surface area (Å²) in [5, 5.41) is 30.6. The number of carboxylic acid groups (broad SMARTS) is 1. The number of aliphatic hydroxyl groups excluding tert-OH is 2. The minimum absolute atomic E-state index is 0.486. The molecular weight excluding hydrogens is 164 g/mol. The van der Waals surface area contributed by atoms with Gasteiger partial charge in [0, 0.05) is 14.0 Å². The Bertz CT molecular complexity index is 77.9. The first-order valence-electron chi connectivity index (χ1n) is 3.51. The minimum atomic E-state index is -1.10. The average molecular weight is 182 g/mol. The Morgan fingerprint density at radius 3 is 1.58 bits per heavy atom. The van der Waals surface area contributed by atoms with E-state index in [-0.39, 0.29) is 0 Å². The van der Waals surface area contributed by atoms with E-state index in [9.17, 15) is 0 Å². The van der Waals surface area contributed by atoms with Crippen LogP contribution in [-0.2, 0) is 4.79 Å². The lowest BCUT2D eigenvalue weighted by Gasteiger charge is -1.94. The normalized spacial score (nSPS) is 7.58. The van der Waals surface area contributed by atoms with Crippen LogP contribution in [0.1, 0.15) is 26.7 Å². The third kappa shape index (κ3) is 118. The summed E-state index contributed by atoms with van der Waals surface area (Å²) >= 11 is 0. The largest absolute Gasteiger partial charge is 0.481 e. The van der Waals surface area contributed by atoms with E-state index in [0.29, 0.717) is 6.42 Å². The van der Waals surface area contributed by atoms with Crippen molar-refractivity contribution >= 4 is 5.97 Å². The highest BCUT2D eigenvalue weighted by atomic mass is 16.5. The van der Waals surface area contributed by atoms with Gasteiger partial charge in [-0.3, -0.25) is 4.79 Å². The molecule has 0 aliphatic carbocycles. The molecule has 0 saturated heterocycles. The van der Waals surface area contributed by atoms with Crippen LogP contribution in [-0.4, -0.2) is 39.8 Å². The lowest BCUT2D eigenvalue weighted by molar-refractivity contribution is -0.134. The SMILES string of the molecule is CC(=O)O.CCCC(O)O.CO. The molecule has 12 heavy (non-hydrogen) atoms. The molecule has 76 valence electrons. The zero-order valence-corrected chi connectivity index (χ0v) is 7.69. The molecule has 5 nitrogen and oxygen atoms in total. The van der Waals surface area contributed by atoms with E-state index in [1.165, 1.54) is 0 Å². The first kappa shape index (κ1) is 17.4. The van der Waals surface area contributed by atoms with E-state index < -0.39 is 12.3 Å². The van der Waals surface area contributed by atoms with E-state index in [2.05, 4.69) is 0 Å². The van der Waals surface area contributed by atoms with Gasteiger partial charge in [0.1, 0.15) is 0 Å². The molecule has 0 heterocycles. The van der Waals surface area contributed by atoms with E-state index in [0.717, 1.165) is 20.5 Å². The maximum absolute atomic E-state index is 9.00. The van der Waals surface area contributed by atoms with Crippen molar-refractivity contribution in [2.45, 2.75) is 33.0 Å². The number of carboxylic acids is 1. The summed E-state index contributed by atoms with van der Waals surface area (Å²) in [5.74, 6) is -0.833. The number of rotatable bonds is 2. The molecule has 4 N–H and O–H groups in total.